The molecule has 5 atom stereocenters. The second-order valence-corrected chi connectivity index (χ2v) is 15.3. The third kappa shape index (κ3) is 8.29. The zero-order valence-electron chi connectivity index (χ0n) is 30.9. The molecule has 1 saturated heterocycles. The second-order valence-electron chi connectivity index (χ2n) is 15.3. The number of nitriles is 2. The molecule has 0 bridgehead atoms. The Hall–Kier alpha value is -6.28. The molecule has 284 valence electrons. The normalized spacial score (nSPS) is 24.7. The molecule has 1 unspecified atom stereocenters. The van der Waals surface area contributed by atoms with Crippen molar-refractivity contribution in [2.24, 2.45) is 5.92 Å². The highest BCUT2D eigenvalue weighted by Crippen LogP contribution is 2.45. The van der Waals surface area contributed by atoms with Gasteiger partial charge in [-0.25, -0.2) is 14.3 Å². The molecule has 0 radical (unpaired) electrons. The van der Waals surface area contributed by atoms with E-state index in [0.717, 1.165) is 12.8 Å². The molecule has 14 heteroatoms. The van der Waals surface area contributed by atoms with Gasteiger partial charge in [-0.05, 0) is 81.8 Å². The lowest BCUT2D eigenvalue weighted by Gasteiger charge is -2.30. The maximum Gasteiger partial charge on any atom is 0.408 e. The van der Waals surface area contributed by atoms with Gasteiger partial charge in [-0.3, -0.25) is 14.4 Å². The summed E-state index contributed by atoms with van der Waals surface area (Å²) in [5.74, 6) is -2.85. The Morgan fingerprint density at radius 3 is 2.25 bits per heavy atom. The van der Waals surface area contributed by atoms with Crippen LogP contribution in [0.3, 0.4) is 0 Å². The van der Waals surface area contributed by atoms with Crippen molar-refractivity contribution in [1.82, 2.24) is 25.3 Å². The minimum absolute atomic E-state index is 0.0666. The van der Waals surface area contributed by atoms with E-state index in [0.29, 0.717) is 40.7 Å². The van der Waals surface area contributed by atoms with Gasteiger partial charge >= 0.3 is 12.1 Å². The molecule has 1 aromatic heterocycles. The molecule has 2 aromatic carbocycles. The molecule has 1 aliphatic carbocycles. The number of nitrogens with one attached hydrogen (secondary N) is 2. The number of ether oxygens (including phenoxy) is 1. The van der Waals surface area contributed by atoms with Gasteiger partial charge < -0.3 is 25.4 Å². The van der Waals surface area contributed by atoms with Crippen LogP contribution in [0.5, 0.6) is 0 Å². The van der Waals surface area contributed by atoms with Crippen LogP contribution in [0.2, 0.25) is 0 Å². The van der Waals surface area contributed by atoms with E-state index in [1.807, 2.05) is 12.2 Å². The number of allylic oxidation sites excluding steroid dienone is 1. The van der Waals surface area contributed by atoms with Crippen LogP contribution in [0, 0.1) is 28.6 Å². The van der Waals surface area contributed by atoms with Crippen molar-refractivity contribution in [1.29, 1.82) is 10.5 Å². The van der Waals surface area contributed by atoms with Gasteiger partial charge in [0, 0.05) is 24.4 Å². The Morgan fingerprint density at radius 2 is 1.64 bits per heavy atom. The van der Waals surface area contributed by atoms with Crippen molar-refractivity contribution in [3.8, 4) is 34.4 Å². The minimum Gasteiger partial charge on any atom is -0.479 e. The largest absolute Gasteiger partial charge is 0.479 e. The molecule has 14 nitrogen and oxygen atoms in total. The van der Waals surface area contributed by atoms with Gasteiger partial charge in [0.1, 0.15) is 23.2 Å². The predicted octanol–water partition coefficient (Wildman–Crippen LogP) is 4.84. The maximum absolute atomic E-state index is 14.6. The van der Waals surface area contributed by atoms with Gasteiger partial charge in [0.15, 0.2) is 0 Å². The van der Waals surface area contributed by atoms with Crippen LogP contribution >= 0.6 is 0 Å². The van der Waals surface area contributed by atoms with Crippen LogP contribution in [-0.4, -0.2) is 73.4 Å². The molecule has 3 aliphatic rings. The SMILES string of the molecule is CC(C)(C)OC(=O)N[C@@H]1CCCCC/C=C\[C@@H]2C[C@]2(C(=O)O)NC(=O)C2C[C@H](n3ncc(-c4ccc(C#N)cc4)c(-c4ccc(C#N)cc4)c3=O)CN2C1=O. The topological polar surface area (TPSA) is 208 Å². The Kier molecular flexibility index (Phi) is 10.9. The Morgan fingerprint density at radius 1 is 0.982 bits per heavy atom. The molecule has 3 amide bonds. The van der Waals surface area contributed by atoms with Crippen LogP contribution in [-0.2, 0) is 19.1 Å². The van der Waals surface area contributed by atoms with E-state index in [1.165, 1.54) is 15.8 Å². The van der Waals surface area contributed by atoms with Crippen LogP contribution < -0.4 is 16.2 Å². The number of nitrogens with zero attached hydrogens (tertiary/aromatic N) is 5. The van der Waals surface area contributed by atoms with E-state index in [1.54, 1.807) is 69.3 Å². The molecule has 1 saturated carbocycles. The third-order valence-corrected chi connectivity index (χ3v) is 10.3. The molecule has 6 rings (SSSR count). The minimum atomic E-state index is -1.53. The number of amides is 3. The first kappa shape index (κ1) is 38.4. The number of carbonyl (C=O) groups excluding carboxylic acids is 3. The first-order valence-corrected chi connectivity index (χ1v) is 18.4. The first-order valence-electron chi connectivity index (χ1n) is 18.4. The summed E-state index contributed by atoms with van der Waals surface area (Å²) in [5, 5.41) is 39.0. The van der Waals surface area contributed by atoms with E-state index in [-0.39, 0.29) is 31.4 Å². The summed E-state index contributed by atoms with van der Waals surface area (Å²) in [4.78, 5) is 70.2. The number of carboxylic acids is 1. The monoisotopic (exact) mass is 745 g/mol. The zero-order valence-corrected chi connectivity index (χ0v) is 30.9. The zero-order chi connectivity index (χ0) is 39.5. The second kappa shape index (κ2) is 15.6. The van der Waals surface area contributed by atoms with Gasteiger partial charge in [0.05, 0.1) is 41.1 Å². The van der Waals surface area contributed by atoms with Crippen molar-refractivity contribution in [2.45, 2.75) is 95.0 Å². The summed E-state index contributed by atoms with van der Waals surface area (Å²) in [6, 6.07) is 14.2. The first-order chi connectivity index (χ1) is 26.2. The number of hydrogen-bond donors (Lipinski definition) is 3. The maximum atomic E-state index is 14.6. The number of fused-ring (bicyclic) bond motifs is 2. The lowest BCUT2D eigenvalue weighted by molar-refractivity contribution is -0.145. The Balaban J connectivity index is 1.41. The summed E-state index contributed by atoms with van der Waals surface area (Å²) in [6.07, 6.45) is 7.67. The highest BCUT2D eigenvalue weighted by Gasteiger charge is 2.61. The smallest absolute Gasteiger partial charge is 0.408 e. The van der Waals surface area contributed by atoms with Crippen molar-refractivity contribution in [3.05, 3.63) is 88.4 Å². The summed E-state index contributed by atoms with van der Waals surface area (Å²) in [5.41, 5.74) is -0.229. The fourth-order valence-corrected chi connectivity index (χ4v) is 7.37. The molecule has 2 fully saturated rings. The molecule has 3 aromatic rings. The fraction of sp³-hybridized carbons (Fsp3) is 0.415. The standard InChI is InChI=1S/C41H43N7O7/c1-40(2,3)55-39(54)45-32-10-8-6-4-5-7-9-29-20-41(29,38(52)53)46-35(49)33-19-30(24-47(33)36(32)50)48-37(51)34(28-17-13-26(22-43)14-18-28)31(23-44-48)27-15-11-25(21-42)12-16-27/h7,9,11-18,23,29-30,32-33H,4-6,8,10,19-20,24H2,1-3H3,(H,45,54)(H,46,49)(H,52,53)/b9-7-/t29-,30+,32-,33?,41+/m1/s1. The third-order valence-electron chi connectivity index (χ3n) is 10.3. The Bertz CT molecular complexity index is 2160. The predicted molar refractivity (Wildman–Crippen MR) is 200 cm³/mol. The molecular weight excluding hydrogens is 702 g/mol. The van der Waals surface area contributed by atoms with Gasteiger partial charge in [0.25, 0.3) is 5.56 Å². The Labute approximate surface area is 318 Å². The lowest BCUT2D eigenvalue weighted by atomic mass is 9.96. The summed E-state index contributed by atoms with van der Waals surface area (Å²) in [6.45, 7) is 4.98. The average molecular weight is 746 g/mol. The van der Waals surface area contributed by atoms with Gasteiger partial charge in [-0.1, -0.05) is 49.3 Å². The number of alkyl carbamates (subject to hydrolysis) is 1. The molecule has 3 N–H and O–H groups in total. The van der Waals surface area contributed by atoms with Crippen LogP contribution in [0.1, 0.15) is 82.9 Å². The number of hydrogen-bond acceptors (Lipinski definition) is 9. The van der Waals surface area contributed by atoms with Crippen molar-refractivity contribution in [2.75, 3.05) is 6.54 Å². The molecule has 2 aliphatic heterocycles. The van der Waals surface area contributed by atoms with Crippen molar-refractivity contribution >= 4 is 23.9 Å². The van der Waals surface area contributed by atoms with E-state index < -0.39 is 64.6 Å². The molecular formula is C41H43N7O7. The van der Waals surface area contributed by atoms with Gasteiger partial charge in [0.2, 0.25) is 11.8 Å². The van der Waals surface area contributed by atoms with Gasteiger partial charge in [-0.2, -0.15) is 15.6 Å². The quantitative estimate of drug-likeness (QED) is 0.303. The fourth-order valence-electron chi connectivity index (χ4n) is 7.37. The average Bonchev–Trinajstić information content (AvgIpc) is 3.67. The van der Waals surface area contributed by atoms with E-state index in [2.05, 4.69) is 27.9 Å². The molecule has 3 heterocycles. The number of aromatic nitrogens is 2. The lowest BCUT2D eigenvalue weighted by Crippen LogP contribution is -2.56. The number of carboxylic acid groups (broad SMARTS) is 1. The highest BCUT2D eigenvalue weighted by molar-refractivity contribution is 5.96. The van der Waals surface area contributed by atoms with Crippen molar-refractivity contribution < 1.29 is 29.0 Å². The summed E-state index contributed by atoms with van der Waals surface area (Å²) in [7, 11) is 0. The molecule has 55 heavy (non-hydrogen) atoms. The van der Waals surface area contributed by atoms with E-state index in [4.69, 9.17) is 4.74 Å². The number of aliphatic carboxylic acids is 1. The van der Waals surface area contributed by atoms with E-state index in [9.17, 15) is 39.6 Å². The summed E-state index contributed by atoms with van der Waals surface area (Å²) >= 11 is 0. The number of benzene rings is 2. The van der Waals surface area contributed by atoms with Crippen molar-refractivity contribution in [3.63, 3.8) is 0 Å². The van der Waals surface area contributed by atoms with Crippen LogP contribution in [0.4, 0.5) is 4.79 Å². The van der Waals surface area contributed by atoms with Crippen LogP contribution in [0.25, 0.3) is 22.3 Å². The highest BCUT2D eigenvalue weighted by atomic mass is 16.6. The molecule has 0 spiro atoms. The van der Waals surface area contributed by atoms with Gasteiger partial charge in [-0.15, -0.1) is 0 Å². The van der Waals surface area contributed by atoms with E-state index >= 15 is 0 Å². The summed E-state index contributed by atoms with van der Waals surface area (Å²) < 4.78 is 6.71. The number of carbonyl (C=O) groups is 4. The van der Waals surface area contributed by atoms with Crippen LogP contribution in [0.15, 0.2) is 71.7 Å². The number of rotatable bonds is 5.